The lowest BCUT2D eigenvalue weighted by molar-refractivity contribution is -0.141. The predicted molar refractivity (Wildman–Crippen MR) is 106 cm³/mol. The summed E-state index contributed by atoms with van der Waals surface area (Å²) in [4.78, 5) is 32.9. The van der Waals surface area contributed by atoms with Crippen molar-refractivity contribution in [3.05, 3.63) is 30.1 Å². The van der Waals surface area contributed by atoms with Crippen molar-refractivity contribution in [2.75, 3.05) is 19.4 Å². The number of hydrogen-bond donors (Lipinski definition) is 2. The van der Waals surface area contributed by atoms with Gasteiger partial charge in [0.05, 0.1) is 24.2 Å². The number of unbranched alkanes of at least 4 members (excludes halogenated alkanes) is 1. The van der Waals surface area contributed by atoms with Crippen molar-refractivity contribution in [1.82, 2.24) is 19.4 Å². The lowest BCUT2D eigenvalue weighted by atomic mass is 10.2. The van der Waals surface area contributed by atoms with E-state index in [1.165, 1.54) is 11.8 Å². The molecule has 9 heteroatoms. The Hall–Kier alpha value is -3.36. The van der Waals surface area contributed by atoms with Gasteiger partial charge in [0.1, 0.15) is 11.3 Å². The molecule has 0 unspecified atom stereocenters. The van der Waals surface area contributed by atoms with Crippen LogP contribution in [0, 0.1) is 0 Å². The Labute approximate surface area is 162 Å². The van der Waals surface area contributed by atoms with Crippen LogP contribution >= 0.6 is 0 Å². The molecule has 2 heterocycles. The zero-order valence-electron chi connectivity index (χ0n) is 16.0. The topological polar surface area (TPSA) is 129 Å². The number of carbonyl (C=O) groups excluding carboxylic acids is 2. The summed E-state index contributed by atoms with van der Waals surface area (Å²) in [5.74, 6) is 0.727. The molecule has 0 aliphatic heterocycles. The lowest BCUT2D eigenvalue weighted by Crippen LogP contribution is -2.32. The first-order chi connectivity index (χ1) is 13.4. The van der Waals surface area contributed by atoms with Gasteiger partial charge in [-0.1, -0.05) is 18.2 Å². The molecular formula is C19H24N6O3. The van der Waals surface area contributed by atoms with E-state index in [0.717, 1.165) is 22.8 Å². The summed E-state index contributed by atoms with van der Waals surface area (Å²) in [6.45, 7) is 2.64. The van der Waals surface area contributed by atoms with E-state index in [4.69, 9.17) is 16.2 Å². The molecule has 2 amide bonds. The number of fused-ring (bicyclic) bond motifs is 3. The second-order valence-corrected chi connectivity index (χ2v) is 6.63. The number of anilines is 1. The van der Waals surface area contributed by atoms with Crippen LogP contribution in [0.5, 0.6) is 0 Å². The van der Waals surface area contributed by atoms with Gasteiger partial charge in [-0.25, -0.2) is 14.8 Å². The number of ether oxygens (including phenoxy) is 1. The Morgan fingerprint density at radius 3 is 2.68 bits per heavy atom. The molecule has 1 aromatic carbocycles. The van der Waals surface area contributed by atoms with Gasteiger partial charge >= 0.3 is 12.0 Å². The lowest BCUT2D eigenvalue weighted by Gasteiger charge is -2.16. The number of rotatable bonds is 7. The molecule has 0 aliphatic carbocycles. The maximum atomic E-state index is 11.5. The quantitative estimate of drug-likeness (QED) is 0.473. The zero-order chi connectivity index (χ0) is 20.3. The Kier molecular flexibility index (Phi) is 5.62. The average Bonchev–Trinajstić information content (AvgIpc) is 3.00. The molecule has 0 saturated carbocycles. The standard InChI is InChI=1S/C19H24N6O3/c1-12(26)28-10-6-5-9-25-15(11-24(2)19(21)27)23-16-17(25)13-7-3-4-8-14(13)22-18(16)20/h3-4,7-8H,5-6,9-11H2,1-2H3,(H2,20,22)(H2,21,27). The van der Waals surface area contributed by atoms with Crippen LogP contribution in [-0.2, 0) is 22.6 Å². The number of imidazole rings is 1. The molecule has 0 atom stereocenters. The third-order valence-corrected chi connectivity index (χ3v) is 4.53. The summed E-state index contributed by atoms with van der Waals surface area (Å²) in [7, 11) is 1.62. The first-order valence-corrected chi connectivity index (χ1v) is 9.05. The fourth-order valence-corrected chi connectivity index (χ4v) is 3.14. The van der Waals surface area contributed by atoms with Crippen molar-refractivity contribution < 1.29 is 14.3 Å². The number of pyridine rings is 1. The van der Waals surface area contributed by atoms with Gasteiger partial charge in [0.2, 0.25) is 0 Å². The van der Waals surface area contributed by atoms with Gasteiger partial charge in [-0.3, -0.25) is 4.79 Å². The van der Waals surface area contributed by atoms with Gasteiger partial charge < -0.3 is 25.7 Å². The van der Waals surface area contributed by atoms with E-state index >= 15 is 0 Å². The van der Waals surface area contributed by atoms with Crippen LogP contribution in [0.4, 0.5) is 10.6 Å². The minimum absolute atomic E-state index is 0.252. The summed E-state index contributed by atoms with van der Waals surface area (Å²) in [6.07, 6.45) is 1.48. The number of hydrogen-bond acceptors (Lipinski definition) is 6. The number of benzene rings is 1. The number of para-hydroxylation sites is 1. The summed E-state index contributed by atoms with van der Waals surface area (Å²) in [6, 6.07) is 7.18. The molecule has 0 bridgehead atoms. The van der Waals surface area contributed by atoms with Crippen LogP contribution in [0.3, 0.4) is 0 Å². The molecule has 3 rings (SSSR count). The Morgan fingerprint density at radius 1 is 1.21 bits per heavy atom. The first kappa shape index (κ1) is 19.4. The van der Waals surface area contributed by atoms with Crippen LogP contribution < -0.4 is 11.5 Å². The van der Waals surface area contributed by atoms with Gasteiger partial charge in [0.15, 0.2) is 5.82 Å². The molecule has 148 valence electrons. The molecule has 0 radical (unpaired) electrons. The number of esters is 1. The molecule has 2 aromatic heterocycles. The molecule has 4 N–H and O–H groups in total. The molecular weight excluding hydrogens is 360 g/mol. The second kappa shape index (κ2) is 8.12. The van der Waals surface area contributed by atoms with E-state index in [1.54, 1.807) is 7.05 Å². The second-order valence-electron chi connectivity index (χ2n) is 6.63. The third-order valence-electron chi connectivity index (χ3n) is 4.53. The van der Waals surface area contributed by atoms with Crippen LogP contribution in [0.1, 0.15) is 25.6 Å². The number of nitrogens with two attached hydrogens (primary N) is 2. The third kappa shape index (κ3) is 3.98. The number of nitrogen functional groups attached to an aromatic ring is 1. The molecule has 9 nitrogen and oxygen atoms in total. The van der Waals surface area contributed by atoms with Gasteiger partial charge in [-0.15, -0.1) is 0 Å². The van der Waals surface area contributed by atoms with Crippen molar-refractivity contribution in [2.24, 2.45) is 5.73 Å². The highest BCUT2D eigenvalue weighted by molar-refractivity contribution is 6.06. The molecule has 3 aromatic rings. The van der Waals surface area contributed by atoms with Gasteiger partial charge in [0, 0.05) is 25.9 Å². The SMILES string of the molecule is CC(=O)OCCCCn1c(CN(C)C(N)=O)nc2c(N)nc3ccccc3c21. The fourth-order valence-electron chi connectivity index (χ4n) is 3.14. The number of aromatic nitrogens is 3. The number of carbonyl (C=O) groups is 2. The number of primary amides is 1. The molecule has 0 aliphatic rings. The first-order valence-electron chi connectivity index (χ1n) is 9.05. The Balaban J connectivity index is 2.02. The summed E-state index contributed by atoms with van der Waals surface area (Å²) < 4.78 is 7.05. The van der Waals surface area contributed by atoms with Crippen LogP contribution in [-0.4, -0.2) is 45.1 Å². The van der Waals surface area contributed by atoms with Crippen LogP contribution in [0.15, 0.2) is 24.3 Å². The van der Waals surface area contributed by atoms with Crippen molar-refractivity contribution in [2.45, 2.75) is 32.9 Å². The van der Waals surface area contributed by atoms with Gasteiger partial charge in [-0.2, -0.15) is 0 Å². The van der Waals surface area contributed by atoms with Gasteiger partial charge in [-0.05, 0) is 18.9 Å². The minimum atomic E-state index is -0.538. The number of aryl methyl sites for hydroxylation is 1. The zero-order valence-corrected chi connectivity index (χ0v) is 16.0. The van der Waals surface area contributed by atoms with Crippen LogP contribution in [0.25, 0.3) is 21.9 Å². The minimum Gasteiger partial charge on any atom is -0.466 e. The van der Waals surface area contributed by atoms with Crippen molar-refractivity contribution in [1.29, 1.82) is 0 Å². The maximum Gasteiger partial charge on any atom is 0.314 e. The maximum absolute atomic E-state index is 11.5. The fraction of sp³-hybridized carbons (Fsp3) is 0.368. The summed E-state index contributed by atoms with van der Waals surface area (Å²) in [5, 5.41) is 0.937. The number of nitrogens with zero attached hydrogens (tertiary/aromatic N) is 4. The molecule has 0 spiro atoms. The van der Waals surface area contributed by atoms with E-state index in [1.807, 2.05) is 28.8 Å². The average molecular weight is 384 g/mol. The predicted octanol–water partition coefficient (Wildman–Crippen LogP) is 2.02. The highest BCUT2D eigenvalue weighted by Crippen LogP contribution is 2.29. The van der Waals surface area contributed by atoms with Crippen LogP contribution in [0.2, 0.25) is 0 Å². The molecule has 28 heavy (non-hydrogen) atoms. The van der Waals surface area contributed by atoms with Gasteiger partial charge in [0.25, 0.3) is 0 Å². The van der Waals surface area contributed by atoms with Crippen molar-refractivity contribution in [3.63, 3.8) is 0 Å². The van der Waals surface area contributed by atoms with Crippen molar-refractivity contribution >= 4 is 39.8 Å². The van der Waals surface area contributed by atoms with E-state index < -0.39 is 6.03 Å². The molecule has 0 saturated heterocycles. The normalized spacial score (nSPS) is 11.1. The Morgan fingerprint density at radius 2 is 1.96 bits per heavy atom. The van der Waals surface area contributed by atoms with E-state index in [2.05, 4.69) is 9.97 Å². The number of amides is 2. The van der Waals surface area contributed by atoms with E-state index in [0.29, 0.717) is 36.7 Å². The smallest absolute Gasteiger partial charge is 0.314 e. The van der Waals surface area contributed by atoms with Crippen molar-refractivity contribution in [3.8, 4) is 0 Å². The summed E-state index contributed by atoms with van der Waals surface area (Å²) in [5.41, 5.74) is 13.8. The Bertz CT molecular complexity index is 1030. The van der Waals surface area contributed by atoms with E-state index in [9.17, 15) is 9.59 Å². The highest BCUT2D eigenvalue weighted by Gasteiger charge is 2.19. The summed E-state index contributed by atoms with van der Waals surface area (Å²) >= 11 is 0. The van der Waals surface area contributed by atoms with E-state index in [-0.39, 0.29) is 12.5 Å². The highest BCUT2D eigenvalue weighted by atomic mass is 16.5. The number of urea groups is 1. The largest absolute Gasteiger partial charge is 0.466 e. The molecule has 0 fully saturated rings. The monoisotopic (exact) mass is 384 g/mol.